The Bertz CT molecular complexity index is 978. The molecule has 0 amide bonds. The molecule has 0 spiro atoms. The van der Waals surface area contributed by atoms with Crippen LogP contribution in [0.2, 0.25) is 0 Å². The van der Waals surface area contributed by atoms with Crippen LogP contribution in [0.25, 0.3) is 0 Å². The van der Waals surface area contributed by atoms with Crippen LogP contribution in [0.15, 0.2) is 12.2 Å². The maximum absolute atomic E-state index is 12.1. The number of carbonyl (C=O) groups is 4. The number of esters is 4. The van der Waals surface area contributed by atoms with Gasteiger partial charge >= 0.3 is 23.9 Å². The first kappa shape index (κ1) is 36.7. The van der Waals surface area contributed by atoms with Crippen molar-refractivity contribution in [1.29, 1.82) is 0 Å². The van der Waals surface area contributed by atoms with Crippen LogP contribution in [0.5, 0.6) is 0 Å². The van der Waals surface area contributed by atoms with Gasteiger partial charge in [0.1, 0.15) is 25.4 Å². The third kappa shape index (κ3) is 13.7. The van der Waals surface area contributed by atoms with Crippen LogP contribution in [0.4, 0.5) is 0 Å². The van der Waals surface area contributed by atoms with E-state index in [-0.39, 0.29) is 62.0 Å². The van der Waals surface area contributed by atoms with Crippen LogP contribution in [-0.4, -0.2) is 87.3 Å². The second-order valence-corrected chi connectivity index (χ2v) is 13.4. The molecule has 4 atom stereocenters. The first-order valence-corrected chi connectivity index (χ1v) is 14.9. The lowest BCUT2D eigenvalue weighted by Crippen LogP contribution is -2.41. The van der Waals surface area contributed by atoms with Gasteiger partial charge in [-0.25, -0.2) is 9.59 Å². The molecule has 2 saturated heterocycles. The number of hydrogen-bond acceptors (Lipinski definition) is 12. The zero-order chi connectivity index (χ0) is 32.3. The van der Waals surface area contributed by atoms with E-state index in [0.717, 1.165) is 12.2 Å². The Morgan fingerprint density at radius 2 is 1.26 bits per heavy atom. The van der Waals surface area contributed by atoms with Gasteiger partial charge in [0.2, 0.25) is 0 Å². The molecule has 0 aromatic heterocycles. The molecule has 43 heavy (non-hydrogen) atoms. The van der Waals surface area contributed by atoms with Crippen molar-refractivity contribution in [2.75, 3.05) is 39.6 Å². The van der Waals surface area contributed by atoms with E-state index in [4.69, 9.17) is 37.9 Å². The van der Waals surface area contributed by atoms with E-state index in [1.165, 1.54) is 0 Å². The molecule has 2 aliphatic rings. The molecule has 12 heteroatoms. The lowest BCUT2D eigenvalue weighted by atomic mass is 9.87. The second kappa shape index (κ2) is 16.0. The number of rotatable bonds is 15. The van der Waals surface area contributed by atoms with E-state index >= 15 is 0 Å². The molecule has 12 nitrogen and oxygen atoms in total. The predicted octanol–water partition coefficient (Wildman–Crippen LogP) is 4.02. The van der Waals surface area contributed by atoms with Gasteiger partial charge in [0.15, 0.2) is 11.6 Å². The molecular formula is C31H50O12. The molecule has 0 aliphatic carbocycles. The van der Waals surface area contributed by atoms with Crippen LogP contribution in [0.1, 0.15) is 87.5 Å². The Hall–Kier alpha value is -2.54. The molecule has 0 N–H and O–H groups in total. The summed E-state index contributed by atoms with van der Waals surface area (Å²) in [6.45, 7) is 16.4. The normalized spacial score (nSPS) is 26.0. The van der Waals surface area contributed by atoms with Crippen molar-refractivity contribution >= 4 is 23.9 Å². The van der Waals surface area contributed by atoms with Gasteiger partial charge in [-0.05, 0) is 32.1 Å². The van der Waals surface area contributed by atoms with Gasteiger partial charge < -0.3 is 37.9 Å². The smallest absolute Gasteiger partial charge is 0.331 e. The third-order valence-corrected chi connectivity index (χ3v) is 6.99. The fourth-order valence-electron chi connectivity index (χ4n) is 4.06. The highest BCUT2D eigenvalue weighted by Crippen LogP contribution is 2.39. The molecule has 4 unspecified atom stereocenters. The van der Waals surface area contributed by atoms with Crippen LogP contribution < -0.4 is 0 Å². The summed E-state index contributed by atoms with van der Waals surface area (Å²) in [5, 5.41) is 0. The molecule has 2 heterocycles. The summed E-state index contributed by atoms with van der Waals surface area (Å²) in [7, 11) is 0. The average Bonchev–Trinajstić information content (AvgIpc) is 3.48. The van der Waals surface area contributed by atoms with Gasteiger partial charge in [-0.1, -0.05) is 41.5 Å². The fourth-order valence-corrected chi connectivity index (χ4v) is 4.06. The number of unbranched alkanes of at least 4 members (excludes halogenated alkanes) is 1. The number of hydrogen-bond donors (Lipinski definition) is 0. The molecule has 0 radical (unpaired) electrons. The van der Waals surface area contributed by atoms with Gasteiger partial charge in [0.05, 0.1) is 39.3 Å². The first-order chi connectivity index (χ1) is 19.9. The highest BCUT2D eigenvalue weighted by atomic mass is 16.8. The van der Waals surface area contributed by atoms with Crippen molar-refractivity contribution in [1.82, 2.24) is 0 Å². The van der Waals surface area contributed by atoms with Gasteiger partial charge in [-0.15, -0.1) is 0 Å². The Kier molecular flexibility index (Phi) is 13.6. The van der Waals surface area contributed by atoms with Crippen molar-refractivity contribution in [2.45, 2.75) is 111 Å². The van der Waals surface area contributed by atoms with Gasteiger partial charge in [-0.2, -0.15) is 0 Å². The van der Waals surface area contributed by atoms with E-state index in [1.807, 2.05) is 48.5 Å². The van der Waals surface area contributed by atoms with Gasteiger partial charge in [-0.3, -0.25) is 9.59 Å². The maximum Gasteiger partial charge on any atom is 0.331 e. The Morgan fingerprint density at radius 3 is 1.77 bits per heavy atom. The third-order valence-electron chi connectivity index (χ3n) is 6.99. The zero-order valence-corrected chi connectivity index (χ0v) is 27.0. The van der Waals surface area contributed by atoms with Gasteiger partial charge in [0, 0.05) is 24.0 Å². The van der Waals surface area contributed by atoms with Crippen molar-refractivity contribution in [2.24, 2.45) is 10.8 Å². The Morgan fingerprint density at radius 1 is 0.744 bits per heavy atom. The predicted molar refractivity (Wildman–Crippen MR) is 153 cm³/mol. The van der Waals surface area contributed by atoms with E-state index in [0.29, 0.717) is 32.5 Å². The lowest BCUT2D eigenvalue weighted by Gasteiger charge is -2.36. The van der Waals surface area contributed by atoms with Crippen molar-refractivity contribution in [3.8, 4) is 0 Å². The fraction of sp³-hybridized carbons (Fsp3) is 0.806. The molecule has 246 valence electrons. The summed E-state index contributed by atoms with van der Waals surface area (Å²) in [6, 6.07) is 0. The summed E-state index contributed by atoms with van der Waals surface area (Å²) in [5.74, 6) is -3.86. The monoisotopic (exact) mass is 614 g/mol. The molecule has 0 bridgehead atoms. The van der Waals surface area contributed by atoms with Crippen molar-refractivity contribution < 1.29 is 57.1 Å². The molecule has 2 rings (SSSR count). The van der Waals surface area contributed by atoms with E-state index < -0.39 is 35.7 Å². The largest absolute Gasteiger partial charge is 0.466 e. The highest BCUT2D eigenvalue weighted by molar-refractivity contribution is 5.91. The maximum atomic E-state index is 12.1. The van der Waals surface area contributed by atoms with Crippen LogP contribution >= 0.6 is 0 Å². The lowest BCUT2D eigenvalue weighted by molar-refractivity contribution is -0.220. The molecule has 2 fully saturated rings. The first-order valence-electron chi connectivity index (χ1n) is 14.9. The number of carbonyl (C=O) groups excluding carboxylic acids is 4. The molecular weight excluding hydrogens is 564 g/mol. The molecule has 0 saturated carbocycles. The topological polar surface area (TPSA) is 142 Å². The SMILES string of the molecule is CC(C)(C)CC(=O)OCCCCOC(=O)CCC1(C)OCC(COC(=O)/C=C\C(=O)OCC2COC(C)(C(C)(C)C)O2)O1. The zero-order valence-electron chi connectivity index (χ0n) is 27.0. The standard InChI is InChI=1S/C31H50O12/c1-28(2,3)17-27(35)37-16-10-9-15-36-26(34)13-14-30(7)40-20-22(42-30)18-38-24(32)11-12-25(33)39-19-23-21-41-31(8,43-23)29(4,5)6/h11-12,22-23H,9-10,13-21H2,1-8H3/b12-11-. The summed E-state index contributed by atoms with van der Waals surface area (Å²) < 4.78 is 43.9. The minimum atomic E-state index is -1.02. The number of ether oxygens (including phenoxy) is 8. The van der Waals surface area contributed by atoms with Gasteiger partial charge in [0.25, 0.3) is 0 Å². The van der Waals surface area contributed by atoms with E-state index in [1.54, 1.807) is 6.92 Å². The summed E-state index contributed by atoms with van der Waals surface area (Å²) in [6.07, 6.45) is 2.93. The summed E-state index contributed by atoms with van der Waals surface area (Å²) in [4.78, 5) is 47.9. The quantitative estimate of drug-likeness (QED) is 0.114. The molecule has 0 aromatic carbocycles. The van der Waals surface area contributed by atoms with Crippen LogP contribution in [0, 0.1) is 10.8 Å². The highest BCUT2D eigenvalue weighted by Gasteiger charge is 2.46. The minimum absolute atomic E-state index is 0.00174. The molecule has 2 aliphatic heterocycles. The summed E-state index contributed by atoms with van der Waals surface area (Å²) in [5.41, 5.74) is -0.369. The van der Waals surface area contributed by atoms with E-state index in [9.17, 15) is 19.2 Å². The second-order valence-electron chi connectivity index (χ2n) is 13.4. The molecule has 0 aromatic rings. The Balaban J connectivity index is 1.55. The van der Waals surface area contributed by atoms with Crippen LogP contribution in [-0.2, 0) is 57.1 Å². The van der Waals surface area contributed by atoms with Crippen molar-refractivity contribution in [3.63, 3.8) is 0 Å². The summed E-state index contributed by atoms with van der Waals surface area (Å²) >= 11 is 0. The average molecular weight is 615 g/mol. The minimum Gasteiger partial charge on any atom is -0.466 e. The Labute approximate surface area is 255 Å². The van der Waals surface area contributed by atoms with Crippen molar-refractivity contribution in [3.05, 3.63) is 12.2 Å². The van der Waals surface area contributed by atoms with Crippen LogP contribution in [0.3, 0.4) is 0 Å². The van der Waals surface area contributed by atoms with E-state index in [2.05, 4.69) is 0 Å².